The number of halogens is 1. The molecule has 2 rings (SSSR count). The SMILES string of the molecule is CCOC(=O)[NH+](C)C(Cc1ccccc1)Cc1ccccc1.[Br-]. The molecule has 0 aliphatic rings. The summed E-state index contributed by atoms with van der Waals surface area (Å²) in [6.45, 7) is 2.26. The Morgan fingerprint density at radius 2 is 1.39 bits per heavy atom. The van der Waals surface area contributed by atoms with Gasteiger partial charge in [0, 0.05) is 12.8 Å². The number of ether oxygens (including phenoxy) is 1. The van der Waals surface area contributed by atoms with Crippen LogP contribution in [0.4, 0.5) is 4.79 Å². The number of hydrogen-bond acceptors (Lipinski definition) is 2. The van der Waals surface area contributed by atoms with Gasteiger partial charge in [0.2, 0.25) is 0 Å². The Morgan fingerprint density at radius 1 is 0.957 bits per heavy atom. The summed E-state index contributed by atoms with van der Waals surface area (Å²) < 4.78 is 5.18. The molecule has 2 aromatic rings. The highest BCUT2D eigenvalue weighted by molar-refractivity contribution is 5.56. The van der Waals surface area contributed by atoms with Gasteiger partial charge in [-0.15, -0.1) is 0 Å². The summed E-state index contributed by atoms with van der Waals surface area (Å²) in [7, 11) is 1.90. The first-order valence-electron chi connectivity index (χ1n) is 7.79. The topological polar surface area (TPSA) is 30.7 Å². The van der Waals surface area contributed by atoms with E-state index in [1.165, 1.54) is 11.1 Å². The maximum Gasteiger partial charge on any atom is 0.514 e. The Hall–Kier alpha value is -1.65. The lowest BCUT2D eigenvalue weighted by Crippen LogP contribution is -3.16. The number of alkyl carbamates (subject to hydrolysis) is 2. The van der Waals surface area contributed by atoms with Gasteiger partial charge in [-0.1, -0.05) is 60.7 Å². The van der Waals surface area contributed by atoms with Crippen molar-refractivity contribution >= 4 is 6.09 Å². The summed E-state index contributed by atoms with van der Waals surface area (Å²) in [6.07, 6.45) is 1.51. The number of carbonyl (C=O) groups is 1. The van der Waals surface area contributed by atoms with Gasteiger partial charge in [0.25, 0.3) is 0 Å². The van der Waals surface area contributed by atoms with Crippen LogP contribution < -0.4 is 21.9 Å². The second-order valence-electron chi connectivity index (χ2n) is 5.48. The number of likely N-dealkylation sites (N-methyl/N-ethyl adjacent to an activating group) is 1. The summed E-state index contributed by atoms with van der Waals surface area (Å²) >= 11 is 0. The van der Waals surface area contributed by atoms with Crippen LogP contribution >= 0.6 is 0 Å². The molecule has 0 spiro atoms. The Kier molecular flexibility index (Phi) is 8.59. The van der Waals surface area contributed by atoms with Crippen LogP contribution in [0.15, 0.2) is 60.7 Å². The summed E-state index contributed by atoms with van der Waals surface area (Å²) in [5.41, 5.74) is 2.49. The largest absolute Gasteiger partial charge is 1.00 e. The molecule has 4 heteroatoms. The Labute approximate surface area is 149 Å². The quantitative estimate of drug-likeness (QED) is 0.736. The lowest BCUT2D eigenvalue weighted by molar-refractivity contribution is -0.830. The van der Waals surface area contributed by atoms with E-state index in [0.717, 1.165) is 17.7 Å². The molecule has 0 aromatic heterocycles. The standard InChI is InChI=1S/C19H23NO2.BrH/c1-3-22-19(21)20(2)18(14-16-10-6-4-7-11-16)15-17-12-8-5-9-13-17;/h4-13,18H,3,14-15H2,1-2H3;1H. The third-order valence-corrected chi connectivity index (χ3v) is 3.86. The van der Waals surface area contributed by atoms with Gasteiger partial charge < -0.3 is 21.7 Å². The van der Waals surface area contributed by atoms with Crippen molar-refractivity contribution in [2.75, 3.05) is 13.7 Å². The average Bonchev–Trinajstić information content (AvgIpc) is 2.56. The fourth-order valence-corrected chi connectivity index (χ4v) is 2.59. The highest BCUT2D eigenvalue weighted by Crippen LogP contribution is 2.07. The summed E-state index contributed by atoms with van der Waals surface area (Å²) in [4.78, 5) is 12.9. The molecular weight excluding hydrogens is 354 g/mol. The van der Waals surface area contributed by atoms with Crippen LogP contribution in [0, 0.1) is 0 Å². The molecule has 0 heterocycles. The van der Waals surface area contributed by atoms with Crippen LogP contribution in [-0.4, -0.2) is 25.8 Å². The third kappa shape index (κ3) is 6.16. The van der Waals surface area contributed by atoms with E-state index in [-0.39, 0.29) is 29.1 Å². The fourth-order valence-electron chi connectivity index (χ4n) is 2.59. The highest BCUT2D eigenvalue weighted by atomic mass is 79.9. The molecule has 0 radical (unpaired) electrons. The smallest absolute Gasteiger partial charge is 0.514 e. The minimum atomic E-state index is -0.181. The summed E-state index contributed by atoms with van der Waals surface area (Å²) in [5, 5.41) is 0. The van der Waals surface area contributed by atoms with Gasteiger partial charge in [0.1, 0.15) is 6.04 Å². The molecular formula is C19H24BrNO2. The van der Waals surface area contributed by atoms with Crippen molar-refractivity contribution in [3.8, 4) is 0 Å². The van der Waals surface area contributed by atoms with E-state index in [1.807, 2.05) is 50.4 Å². The van der Waals surface area contributed by atoms with Crippen molar-refractivity contribution < 1.29 is 31.4 Å². The maximum absolute atomic E-state index is 12.1. The van der Waals surface area contributed by atoms with Gasteiger partial charge >= 0.3 is 6.09 Å². The van der Waals surface area contributed by atoms with Crippen LogP contribution in [-0.2, 0) is 17.6 Å². The first kappa shape index (κ1) is 19.4. The van der Waals surface area contributed by atoms with Crippen LogP contribution in [0.3, 0.4) is 0 Å². The van der Waals surface area contributed by atoms with Crippen molar-refractivity contribution in [3.05, 3.63) is 71.8 Å². The second-order valence-corrected chi connectivity index (χ2v) is 5.48. The van der Waals surface area contributed by atoms with Crippen molar-refractivity contribution in [3.63, 3.8) is 0 Å². The molecule has 0 bridgehead atoms. The number of amides is 1. The zero-order valence-electron chi connectivity index (χ0n) is 13.7. The number of rotatable bonds is 6. The molecule has 1 atom stereocenters. The normalized spacial score (nSPS) is 11.6. The Balaban J connectivity index is 0.00000264. The molecule has 0 saturated heterocycles. The molecule has 0 saturated carbocycles. The highest BCUT2D eigenvalue weighted by Gasteiger charge is 2.27. The Morgan fingerprint density at radius 3 is 1.78 bits per heavy atom. The van der Waals surface area contributed by atoms with E-state index >= 15 is 0 Å². The number of quaternary nitrogens is 1. The predicted octanol–water partition coefficient (Wildman–Crippen LogP) is -0.484. The van der Waals surface area contributed by atoms with Crippen molar-refractivity contribution in [1.82, 2.24) is 0 Å². The minimum absolute atomic E-state index is 0. The lowest BCUT2D eigenvalue weighted by Gasteiger charge is -2.22. The van der Waals surface area contributed by atoms with E-state index < -0.39 is 0 Å². The van der Waals surface area contributed by atoms with Gasteiger partial charge in [0.15, 0.2) is 0 Å². The summed E-state index contributed by atoms with van der Waals surface area (Å²) in [5.74, 6) is 0. The van der Waals surface area contributed by atoms with E-state index in [9.17, 15) is 4.79 Å². The van der Waals surface area contributed by atoms with Gasteiger partial charge in [-0.2, -0.15) is 4.79 Å². The van der Waals surface area contributed by atoms with E-state index in [4.69, 9.17) is 4.74 Å². The monoisotopic (exact) mass is 377 g/mol. The van der Waals surface area contributed by atoms with Crippen LogP contribution in [0.2, 0.25) is 0 Å². The molecule has 23 heavy (non-hydrogen) atoms. The van der Waals surface area contributed by atoms with Crippen LogP contribution in [0.25, 0.3) is 0 Å². The number of hydrogen-bond donors (Lipinski definition) is 1. The third-order valence-electron chi connectivity index (χ3n) is 3.86. The zero-order chi connectivity index (χ0) is 15.8. The average molecular weight is 378 g/mol. The van der Waals surface area contributed by atoms with E-state index in [2.05, 4.69) is 24.3 Å². The van der Waals surface area contributed by atoms with Crippen LogP contribution in [0.1, 0.15) is 18.1 Å². The van der Waals surface area contributed by atoms with Crippen molar-refractivity contribution in [2.24, 2.45) is 0 Å². The molecule has 0 aliphatic carbocycles. The zero-order valence-corrected chi connectivity index (χ0v) is 15.3. The molecule has 1 N–H and O–H groups in total. The van der Waals surface area contributed by atoms with E-state index in [1.54, 1.807) is 0 Å². The lowest BCUT2D eigenvalue weighted by atomic mass is 9.98. The maximum atomic E-state index is 12.1. The molecule has 2 aromatic carbocycles. The van der Waals surface area contributed by atoms with Gasteiger partial charge in [-0.25, -0.2) is 4.90 Å². The molecule has 124 valence electrons. The molecule has 0 aliphatic heterocycles. The predicted molar refractivity (Wildman–Crippen MR) is 88.0 cm³/mol. The number of benzene rings is 2. The summed E-state index contributed by atoms with van der Waals surface area (Å²) in [6, 6.07) is 20.8. The first-order chi connectivity index (χ1) is 10.7. The van der Waals surface area contributed by atoms with Crippen molar-refractivity contribution in [1.29, 1.82) is 0 Å². The Bertz CT molecular complexity index is 533. The fraction of sp³-hybridized carbons (Fsp3) is 0.316. The van der Waals surface area contributed by atoms with Gasteiger partial charge in [-0.05, 0) is 18.1 Å². The van der Waals surface area contributed by atoms with Crippen molar-refractivity contribution in [2.45, 2.75) is 25.8 Å². The molecule has 3 nitrogen and oxygen atoms in total. The number of nitrogens with one attached hydrogen (secondary N) is 1. The van der Waals surface area contributed by atoms with E-state index in [0.29, 0.717) is 6.61 Å². The molecule has 0 fully saturated rings. The van der Waals surface area contributed by atoms with Gasteiger partial charge in [-0.3, -0.25) is 0 Å². The molecule has 1 amide bonds. The second kappa shape index (κ2) is 10.2. The molecule has 1 unspecified atom stereocenters. The first-order valence-corrected chi connectivity index (χ1v) is 7.79. The minimum Gasteiger partial charge on any atom is -1.00 e. The number of carbonyl (C=O) groups excluding carboxylic acids is 1. The van der Waals surface area contributed by atoms with Gasteiger partial charge in [0.05, 0.1) is 13.7 Å². The van der Waals surface area contributed by atoms with Crippen LogP contribution in [0.5, 0.6) is 0 Å².